The number of hydrazone groups is 1. The number of phenols is 1. The number of benzene rings is 3. The predicted octanol–water partition coefficient (Wildman–Crippen LogP) is 4.35. The standard InChI is InChI=1S/C21H17BrN2O3/c22-19-12-17(16-4-2-1-3-5-16)8-11-20(19)27-14-21(26)24-23-13-15-6-9-18(25)10-7-15/h1-13,25H,14H2,(H,24,26)/b23-13+. The van der Waals surface area contributed by atoms with Crippen LogP contribution in [0.4, 0.5) is 0 Å². The van der Waals surface area contributed by atoms with E-state index in [2.05, 4.69) is 26.5 Å². The number of hydrogen-bond donors (Lipinski definition) is 2. The molecule has 27 heavy (non-hydrogen) atoms. The van der Waals surface area contributed by atoms with Crippen LogP contribution in [0.2, 0.25) is 0 Å². The summed E-state index contributed by atoms with van der Waals surface area (Å²) < 4.78 is 6.31. The fourth-order valence-electron chi connectivity index (χ4n) is 2.34. The largest absolute Gasteiger partial charge is 0.508 e. The van der Waals surface area contributed by atoms with Crippen LogP contribution in [0.25, 0.3) is 11.1 Å². The van der Waals surface area contributed by atoms with Gasteiger partial charge in [-0.25, -0.2) is 5.43 Å². The van der Waals surface area contributed by atoms with Gasteiger partial charge in [0.05, 0.1) is 10.7 Å². The lowest BCUT2D eigenvalue weighted by atomic mass is 10.1. The summed E-state index contributed by atoms with van der Waals surface area (Å²) in [4.78, 5) is 11.9. The van der Waals surface area contributed by atoms with Crippen molar-refractivity contribution in [1.29, 1.82) is 0 Å². The van der Waals surface area contributed by atoms with Gasteiger partial charge in [0.15, 0.2) is 6.61 Å². The highest BCUT2D eigenvalue weighted by Gasteiger charge is 2.07. The first-order valence-electron chi connectivity index (χ1n) is 8.20. The maximum atomic E-state index is 11.9. The van der Waals surface area contributed by atoms with Gasteiger partial charge in [-0.1, -0.05) is 36.4 Å². The molecule has 0 saturated heterocycles. The molecule has 136 valence electrons. The Bertz CT molecular complexity index is 941. The molecule has 5 nitrogen and oxygen atoms in total. The third kappa shape index (κ3) is 5.43. The lowest BCUT2D eigenvalue weighted by Gasteiger charge is -2.09. The predicted molar refractivity (Wildman–Crippen MR) is 109 cm³/mol. The Hall–Kier alpha value is -3.12. The van der Waals surface area contributed by atoms with Crippen LogP contribution in [0.5, 0.6) is 11.5 Å². The monoisotopic (exact) mass is 424 g/mol. The highest BCUT2D eigenvalue weighted by atomic mass is 79.9. The fourth-order valence-corrected chi connectivity index (χ4v) is 2.84. The van der Waals surface area contributed by atoms with E-state index in [4.69, 9.17) is 4.74 Å². The minimum Gasteiger partial charge on any atom is -0.508 e. The number of phenolic OH excluding ortho intramolecular Hbond substituents is 1. The molecule has 0 spiro atoms. The normalized spacial score (nSPS) is 10.7. The maximum Gasteiger partial charge on any atom is 0.277 e. The molecule has 3 aromatic rings. The Morgan fingerprint density at radius 1 is 1.04 bits per heavy atom. The number of aromatic hydroxyl groups is 1. The summed E-state index contributed by atoms with van der Waals surface area (Å²) >= 11 is 3.48. The molecule has 0 heterocycles. The van der Waals surface area contributed by atoms with Crippen LogP contribution in [0, 0.1) is 0 Å². The first-order valence-corrected chi connectivity index (χ1v) is 9.00. The molecule has 0 aromatic heterocycles. The summed E-state index contributed by atoms with van der Waals surface area (Å²) in [5.41, 5.74) is 5.31. The summed E-state index contributed by atoms with van der Waals surface area (Å²) in [6.07, 6.45) is 1.49. The average Bonchev–Trinajstić information content (AvgIpc) is 2.69. The van der Waals surface area contributed by atoms with Crippen molar-refractivity contribution >= 4 is 28.1 Å². The quantitative estimate of drug-likeness (QED) is 0.456. The van der Waals surface area contributed by atoms with E-state index < -0.39 is 0 Å². The Morgan fingerprint density at radius 2 is 1.78 bits per heavy atom. The van der Waals surface area contributed by atoms with Gasteiger partial charge in [-0.05, 0) is 69.0 Å². The molecule has 0 aliphatic heterocycles. The summed E-state index contributed by atoms with van der Waals surface area (Å²) in [6, 6.07) is 22.2. The van der Waals surface area contributed by atoms with Crippen molar-refractivity contribution in [2.75, 3.05) is 6.61 Å². The van der Waals surface area contributed by atoms with Crippen LogP contribution in [0.3, 0.4) is 0 Å². The van der Waals surface area contributed by atoms with E-state index in [1.54, 1.807) is 24.3 Å². The minimum atomic E-state index is -0.371. The van der Waals surface area contributed by atoms with Crippen LogP contribution in [-0.2, 0) is 4.79 Å². The molecule has 0 atom stereocenters. The van der Waals surface area contributed by atoms with E-state index in [1.807, 2.05) is 48.5 Å². The third-order valence-corrected chi connectivity index (χ3v) is 4.31. The molecule has 0 aliphatic carbocycles. The number of halogens is 1. The van der Waals surface area contributed by atoms with Crippen molar-refractivity contribution in [1.82, 2.24) is 5.43 Å². The summed E-state index contributed by atoms with van der Waals surface area (Å²) in [5, 5.41) is 13.1. The molecule has 0 radical (unpaired) electrons. The molecule has 6 heteroatoms. The van der Waals surface area contributed by atoms with E-state index in [0.29, 0.717) is 5.75 Å². The van der Waals surface area contributed by atoms with Crippen LogP contribution >= 0.6 is 15.9 Å². The highest BCUT2D eigenvalue weighted by molar-refractivity contribution is 9.10. The number of nitrogens with one attached hydrogen (secondary N) is 1. The fraction of sp³-hybridized carbons (Fsp3) is 0.0476. The second-order valence-corrected chi connectivity index (χ2v) is 6.54. The van der Waals surface area contributed by atoms with Crippen LogP contribution in [0.1, 0.15) is 5.56 Å². The smallest absolute Gasteiger partial charge is 0.277 e. The Morgan fingerprint density at radius 3 is 2.48 bits per heavy atom. The number of amides is 1. The zero-order valence-electron chi connectivity index (χ0n) is 14.3. The summed E-state index contributed by atoms with van der Waals surface area (Å²) in [6.45, 7) is -0.157. The third-order valence-electron chi connectivity index (χ3n) is 3.69. The van der Waals surface area contributed by atoms with Gasteiger partial charge in [0, 0.05) is 0 Å². The average molecular weight is 425 g/mol. The molecule has 3 rings (SSSR count). The molecule has 0 unspecified atom stereocenters. The first kappa shape index (κ1) is 18.7. The number of carbonyl (C=O) groups excluding carboxylic acids is 1. The maximum absolute atomic E-state index is 11.9. The van der Waals surface area contributed by atoms with Crippen molar-refractivity contribution < 1.29 is 14.6 Å². The molecule has 0 fully saturated rings. The van der Waals surface area contributed by atoms with Crippen LogP contribution in [0.15, 0.2) is 82.4 Å². The Balaban J connectivity index is 1.53. The van der Waals surface area contributed by atoms with Gasteiger partial charge in [-0.15, -0.1) is 0 Å². The van der Waals surface area contributed by atoms with Gasteiger partial charge in [0.2, 0.25) is 0 Å². The zero-order chi connectivity index (χ0) is 19.1. The van der Waals surface area contributed by atoms with Crippen molar-refractivity contribution in [2.24, 2.45) is 5.10 Å². The Kier molecular flexibility index (Phi) is 6.22. The summed E-state index contributed by atoms with van der Waals surface area (Å²) in [7, 11) is 0. The van der Waals surface area contributed by atoms with Gasteiger partial charge in [-0.2, -0.15) is 5.10 Å². The number of hydrogen-bond acceptors (Lipinski definition) is 4. The Labute approximate surface area is 165 Å². The van der Waals surface area contributed by atoms with Gasteiger partial charge >= 0.3 is 0 Å². The lowest BCUT2D eigenvalue weighted by Crippen LogP contribution is -2.24. The van der Waals surface area contributed by atoms with E-state index in [1.165, 1.54) is 6.21 Å². The summed E-state index contributed by atoms with van der Waals surface area (Å²) in [5.74, 6) is 0.379. The lowest BCUT2D eigenvalue weighted by molar-refractivity contribution is -0.123. The van der Waals surface area contributed by atoms with E-state index >= 15 is 0 Å². The van der Waals surface area contributed by atoms with Crippen molar-refractivity contribution in [3.05, 3.63) is 82.8 Å². The number of rotatable bonds is 6. The molecule has 1 amide bonds. The van der Waals surface area contributed by atoms with E-state index in [0.717, 1.165) is 21.2 Å². The van der Waals surface area contributed by atoms with E-state index in [-0.39, 0.29) is 18.3 Å². The molecule has 3 aromatic carbocycles. The van der Waals surface area contributed by atoms with Crippen molar-refractivity contribution in [3.63, 3.8) is 0 Å². The van der Waals surface area contributed by atoms with Gasteiger partial charge < -0.3 is 9.84 Å². The number of ether oxygens (including phenoxy) is 1. The van der Waals surface area contributed by atoms with E-state index in [9.17, 15) is 9.90 Å². The minimum absolute atomic E-state index is 0.157. The van der Waals surface area contributed by atoms with Crippen LogP contribution in [-0.4, -0.2) is 23.8 Å². The van der Waals surface area contributed by atoms with Gasteiger partial charge in [0.1, 0.15) is 11.5 Å². The second-order valence-electron chi connectivity index (χ2n) is 5.68. The molecular weight excluding hydrogens is 408 g/mol. The SMILES string of the molecule is O=C(COc1ccc(-c2ccccc2)cc1Br)N/N=C/c1ccc(O)cc1. The zero-order valence-corrected chi connectivity index (χ0v) is 15.9. The molecule has 0 aliphatic rings. The highest BCUT2D eigenvalue weighted by Crippen LogP contribution is 2.30. The number of carbonyl (C=O) groups is 1. The van der Waals surface area contributed by atoms with Gasteiger partial charge in [0.25, 0.3) is 5.91 Å². The van der Waals surface area contributed by atoms with Gasteiger partial charge in [-0.3, -0.25) is 4.79 Å². The molecular formula is C21H17BrN2O3. The molecule has 2 N–H and O–H groups in total. The first-order chi connectivity index (χ1) is 13.1. The van der Waals surface area contributed by atoms with Crippen molar-refractivity contribution in [3.8, 4) is 22.6 Å². The topological polar surface area (TPSA) is 70.9 Å². The number of nitrogens with zero attached hydrogens (tertiary/aromatic N) is 1. The second kappa shape index (κ2) is 9.00. The molecule has 0 saturated carbocycles. The molecule has 0 bridgehead atoms. The van der Waals surface area contributed by atoms with Crippen molar-refractivity contribution in [2.45, 2.75) is 0 Å². The van der Waals surface area contributed by atoms with Crippen LogP contribution < -0.4 is 10.2 Å².